The van der Waals surface area contributed by atoms with Gasteiger partial charge >= 0.3 is 0 Å². The van der Waals surface area contributed by atoms with Gasteiger partial charge in [0.25, 0.3) is 5.91 Å². The molecule has 0 radical (unpaired) electrons. The summed E-state index contributed by atoms with van der Waals surface area (Å²) in [6.45, 7) is 5.59. The molecule has 1 amide bonds. The Labute approximate surface area is 135 Å². The first-order chi connectivity index (χ1) is 10.5. The number of hydrogen-bond acceptors (Lipinski definition) is 2. The molecule has 5 nitrogen and oxygen atoms in total. The molecule has 1 saturated heterocycles. The zero-order valence-electron chi connectivity index (χ0n) is 13.0. The molecular formula is C16H21ClN4O. The van der Waals surface area contributed by atoms with E-state index in [1.807, 2.05) is 16.5 Å². The fraction of sp³-hybridized carbons (Fsp3) is 0.500. The van der Waals surface area contributed by atoms with Gasteiger partial charge in [0.15, 0.2) is 0 Å². The molecule has 0 aliphatic carbocycles. The third-order valence-electron chi connectivity index (χ3n) is 4.25. The predicted octanol–water partition coefficient (Wildman–Crippen LogP) is 3.18. The molecule has 118 valence electrons. The van der Waals surface area contributed by atoms with Crippen LogP contribution in [0.5, 0.6) is 0 Å². The third-order valence-corrected chi connectivity index (χ3v) is 4.47. The van der Waals surface area contributed by atoms with Crippen LogP contribution in [0, 0.1) is 13.8 Å². The van der Waals surface area contributed by atoms with E-state index in [-0.39, 0.29) is 11.9 Å². The normalized spacial score (nSPS) is 18.7. The van der Waals surface area contributed by atoms with E-state index in [2.05, 4.69) is 23.1 Å². The van der Waals surface area contributed by atoms with Gasteiger partial charge in [-0.1, -0.05) is 11.6 Å². The van der Waals surface area contributed by atoms with Gasteiger partial charge in [-0.2, -0.15) is 5.10 Å². The van der Waals surface area contributed by atoms with Crippen molar-refractivity contribution >= 4 is 17.5 Å². The Kier molecular flexibility index (Phi) is 4.25. The van der Waals surface area contributed by atoms with E-state index >= 15 is 0 Å². The number of rotatable bonds is 3. The van der Waals surface area contributed by atoms with E-state index in [0.717, 1.165) is 43.7 Å². The molecule has 3 rings (SSSR count). The zero-order valence-corrected chi connectivity index (χ0v) is 13.7. The molecule has 0 unspecified atom stereocenters. The number of aromatic amines is 1. The zero-order chi connectivity index (χ0) is 15.7. The lowest BCUT2D eigenvalue weighted by atomic mass is 10.0. The highest BCUT2D eigenvalue weighted by atomic mass is 35.5. The standard InChI is InChI=1S/C16H21ClN4O/c1-11-7-12(2)21(19-11)10-14-5-3-4-6-20(14)16(22)15-8-13(17)9-18-15/h7-9,14,18H,3-6,10H2,1-2H3/t14-/m0/s1. The van der Waals surface area contributed by atoms with Crippen LogP contribution in [-0.2, 0) is 6.54 Å². The first kappa shape index (κ1) is 15.2. The molecule has 6 heteroatoms. The summed E-state index contributed by atoms with van der Waals surface area (Å²) in [7, 11) is 0. The Morgan fingerprint density at radius 3 is 2.86 bits per heavy atom. The Morgan fingerprint density at radius 2 is 2.23 bits per heavy atom. The summed E-state index contributed by atoms with van der Waals surface area (Å²) >= 11 is 5.92. The summed E-state index contributed by atoms with van der Waals surface area (Å²) in [5.41, 5.74) is 2.71. The number of carbonyl (C=O) groups is 1. The minimum atomic E-state index is 0.0260. The summed E-state index contributed by atoms with van der Waals surface area (Å²) < 4.78 is 2.01. The van der Waals surface area contributed by atoms with Gasteiger partial charge in [0.2, 0.25) is 0 Å². The van der Waals surface area contributed by atoms with Crippen molar-refractivity contribution in [2.45, 2.75) is 45.7 Å². The molecule has 1 aliphatic heterocycles. The van der Waals surface area contributed by atoms with Crippen LogP contribution in [0.25, 0.3) is 0 Å². The van der Waals surface area contributed by atoms with Crippen molar-refractivity contribution in [2.75, 3.05) is 6.54 Å². The molecule has 1 aliphatic rings. The van der Waals surface area contributed by atoms with Crippen LogP contribution in [0.1, 0.15) is 41.1 Å². The molecule has 0 spiro atoms. The van der Waals surface area contributed by atoms with Gasteiger partial charge in [0.05, 0.1) is 23.3 Å². The number of H-pyrrole nitrogens is 1. The van der Waals surface area contributed by atoms with Gasteiger partial charge in [-0.15, -0.1) is 0 Å². The smallest absolute Gasteiger partial charge is 0.270 e. The average molecular weight is 321 g/mol. The van der Waals surface area contributed by atoms with E-state index in [4.69, 9.17) is 11.6 Å². The van der Waals surface area contributed by atoms with Crippen LogP contribution in [0.2, 0.25) is 5.02 Å². The monoisotopic (exact) mass is 320 g/mol. The number of likely N-dealkylation sites (tertiary alicyclic amines) is 1. The predicted molar refractivity (Wildman–Crippen MR) is 86.2 cm³/mol. The van der Waals surface area contributed by atoms with Crippen LogP contribution in [0.3, 0.4) is 0 Å². The lowest BCUT2D eigenvalue weighted by Crippen LogP contribution is -2.46. The largest absolute Gasteiger partial charge is 0.356 e. The van der Waals surface area contributed by atoms with Crippen molar-refractivity contribution in [3.8, 4) is 0 Å². The number of nitrogens with one attached hydrogen (secondary N) is 1. The van der Waals surface area contributed by atoms with E-state index in [9.17, 15) is 4.79 Å². The summed E-state index contributed by atoms with van der Waals surface area (Å²) in [6, 6.07) is 3.94. The van der Waals surface area contributed by atoms with Crippen LogP contribution < -0.4 is 0 Å². The van der Waals surface area contributed by atoms with Gasteiger partial charge in [0, 0.05) is 18.4 Å². The SMILES string of the molecule is Cc1cc(C)n(C[C@@H]2CCCCN2C(=O)c2cc(Cl)c[nH]2)n1. The molecule has 2 aromatic heterocycles. The van der Waals surface area contributed by atoms with Crippen molar-refractivity contribution in [2.24, 2.45) is 0 Å². The number of aromatic nitrogens is 3. The Morgan fingerprint density at radius 1 is 1.41 bits per heavy atom. The second-order valence-corrected chi connectivity index (χ2v) is 6.43. The van der Waals surface area contributed by atoms with Gasteiger partial charge in [-0.3, -0.25) is 9.48 Å². The third kappa shape index (κ3) is 3.04. The Bertz CT molecular complexity index is 675. The number of piperidine rings is 1. The van der Waals surface area contributed by atoms with Gasteiger partial charge in [-0.25, -0.2) is 0 Å². The number of amides is 1. The van der Waals surface area contributed by atoms with Crippen LogP contribution in [0.4, 0.5) is 0 Å². The van der Waals surface area contributed by atoms with Crippen molar-refractivity contribution < 1.29 is 4.79 Å². The maximum Gasteiger partial charge on any atom is 0.270 e. The molecule has 22 heavy (non-hydrogen) atoms. The molecule has 1 fully saturated rings. The van der Waals surface area contributed by atoms with Gasteiger partial charge in [0.1, 0.15) is 5.69 Å². The molecular weight excluding hydrogens is 300 g/mol. The minimum Gasteiger partial charge on any atom is -0.356 e. The second-order valence-electron chi connectivity index (χ2n) is 5.99. The fourth-order valence-corrected chi connectivity index (χ4v) is 3.33. The number of halogens is 1. The van der Waals surface area contributed by atoms with Crippen molar-refractivity contribution in [3.05, 3.63) is 40.4 Å². The highest BCUT2D eigenvalue weighted by Gasteiger charge is 2.29. The van der Waals surface area contributed by atoms with E-state index in [0.29, 0.717) is 10.7 Å². The topological polar surface area (TPSA) is 53.9 Å². The summed E-state index contributed by atoms with van der Waals surface area (Å²) in [4.78, 5) is 17.6. The summed E-state index contributed by atoms with van der Waals surface area (Å²) in [5.74, 6) is 0.0260. The number of nitrogens with zero attached hydrogens (tertiary/aromatic N) is 3. The minimum absolute atomic E-state index is 0.0260. The maximum absolute atomic E-state index is 12.7. The highest BCUT2D eigenvalue weighted by Crippen LogP contribution is 2.22. The maximum atomic E-state index is 12.7. The molecule has 2 aromatic rings. The fourth-order valence-electron chi connectivity index (χ4n) is 3.16. The van der Waals surface area contributed by atoms with E-state index in [1.165, 1.54) is 0 Å². The van der Waals surface area contributed by atoms with Crippen LogP contribution in [0.15, 0.2) is 18.3 Å². The number of aryl methyl sites for hydroxylation is 2. The highest BCUT2D eigenvalue weighted by molar-refractivity contribution is 6.30. The summed E-state index contributed by atoms with van der Waals surface area (Å²) in [6.07, 6.45) is 4.86. The summed E-state index contributed by atoms with van der Waals surface area (Å²) in [5, 5.41) is 5.09. The van der Waals surface area contributed by atoms with E-state index in [1.54, 1.807) is 12.3 Å². The number of carbonyl (C=O) groups excluding carboxylic acids is 1. The van der Waals surface area contributed by atoms with Crippen molar-refractivity contribution in [1.82, 2.24) is 19.7 Å². The van der Waals surface area contributed by atoms with Gasteiger partial charge in [-0.05, 0) is 45.2 Å². The molecule has 0 saturated carbocycles. The Hall–Kier alpha value is -1.75. The van der Waals surface area contributed by atoms with Crippen molar-refractivity contribution in [3.63, 3.8) is 0 Å². The lowest BCUT2D eigenvalue weighted by molar-refractivity contribution is 0.0577. The molecule has 1 atom stereocenters. The lowest BCUT2D eigenvalue weighted by Gasteiger charge is -2.35. The molecule has 3 heterocycles. The molecule has 1 N–H and O–H groups in total. The Balaban J connectivity index is 1.79. The second kappa shape index (κ2) is 6.16. The first-order valence-corrected chi connectivity index (χ1v) is 8.08. The quantitative estimate of drug-likeness (QED) is 0.944. The molecule has 0 aromatic carbocycles. The average Bonchev–Trinajstić information content (AvgIpc) is 3.05. The molecule has 0 bridgehead atoms. The number of hydrogen-bond donors (Lipinski definition) is 1. The first-order valence-electron chi connectivity index (χ1n) is 7.70. The van der Waals surface area contributed by atoms with Crippen molar-refractivity contribution in [1.29, 1.82) is 0 Å². The van der Waals surface area contributed by atoms with Crippen LogP contribution >= 0.6 is 11.6 Å². The van der Waals surface area contributed by atoms with Crippen LogP contribution in [-0.4, -0.2) is 38.2 Å². The van der Waals surface area contributed by atoms with Gasteiger partial charge < -0.3 is 9.88 Å². The van der Waals surface area contributed by atoms with E-state index < -0.39 is 0 Å².